The number of nitrogens with zero attached hydrogens (tertiary/aromatic N) is 2. The van der Waals surface area contributed by atoms with Crippen molar-refractivity contribution in [2.75, 3.05) is 0 Å². The highest BCUT2D eigenvalue weighted by atomic mass is 32.1. The molecule has 17 heavy (non-hydrogen) atoms. The molecule has 0 saturated heterocycles. The van der Waals surface area contributed by atoms with E-state index in [9.17, 15) is 4.79 Å². The first-order valence-electron chi connectivity index (χ1n) is 6.18. The third-order valence-corrected chi connectivity index (χ3v) is 4.81. The molecule has 0 unspecified atom stereocenters. The third kappa shape index (κ3) is 1.62. The molecule has 0 fully saturated rings. The van der Waals surface area contributed by atoms with Crippen molar-refractivity contribution in [3.63, 3.8) is 0 Å². The van der Waals surface area contributed by atoms with Gasteiger partial charge < -0.3 is 0 Å². The second-order valence-electron chi connectivity index (χ2n) is 4.76. The highest BCUT2D eigenvalue weighted by Crippen LogP contribution is 2.27. The molecule has 0 bridgehead atoms. The first-order chi connectivity index (χ1) is 8.18. The predicted molar refractivity (Wildman–Crippen MR) is 70.9 cm³/mol. The van der Waals surface area contributed by atoms with Gasteiger partial charge >= 0.3 is 0 Å². The van der Waals surface area contributed by atoms with Gasteiger partial charge in [-0.2, -0.15) is 0 Å². The third-order valence-electron chi connectivity index (χ3n) is 3.63. The molecule has 0 radical (unpaired) electrons. The predicted octanol–water partition coefficient (Wildman–Crippen LogP) is 2.80. The molecule has 3 rings (SSSR count). The van der Waals surface area contributed by atoms with Gasteiger partial charge in [-0.25, -0.2) is 4.98 Å². The highest BCUT2D eigenvalue weighted by Gasteiger charge is 2.17. The molecule has 3 nitrogen and oxygen atoms in total. The Bertz CT molecular complexity index is 639. The van der Waals surface area contributed by atoms with Crippen LogP contribution in [0.3, 0.4) is 0 Å². The van der Waals surface area contributed by atoms with E-state index in [0.717, 1.165) is 41.8 Å². The monoisotopic (exact) mass is 248 g/mol. The van der Waals surface area contributed by atoms with Gasteiger partial charge in [-0.05, 0) is 32.3 Å². The Morgan fingerprint density at radius 1 is 1.24 bits per heavy atom. The summed E-state index contributed by atoms with van der Waals surface area (Å²) in [6, 6.07) is 0. The van der Waals surface area contributed by atoms with Crippen LogP contribution in [0.4, 0.5) is 0 Å². The molecule has 2 aromatic heterocycles. The van der Waals surface area contributed by atoms with E-state index in [-0.39, 0.29) is 5.56 Å². The number of rotatable bonds is 0. The number of hydrogen-bond donors (Lipinski definition) is 0. The van der Waals surface area contributed by atoms with E-state index in [0.29, 0.717) is 0 Å². The zero-order valence-corrected chi connectivity index (χ0v) is 11.1. The first-order valence-corrected chi connectivity index (χ1v) is 6.99. The van der Waals surface area contributed by atoms with Gasteiger partial charge in [-0.1, -0.05) is 6.42 Å². The van der Waals surface area contributed by atoms with Crippen LogP contribution in [0, 0.1) is 13.8 Å². The summed E-state index contributed by atoms with van der Waals surface area (Å²) in [5.41, 5.74) is 2.29. The van der Waals surface area contributed by atoms with E-state index < -0.39 is 0 Å². The van der Waals surface area contributed by atoms with Gasteiger partial charge in [-0.3, -0.25) is 9.36 Å². The molecular formula is C13H16N2OS. The smallest absolute Gasteiger partial charge is 0.271 e. The molecular weight excluding hydrogens is 232 g/mol. The zero-order valence-electron chi connectivity index (χ0n) is 10.2. The summed E-state index contributed by atoms with van der Waals surface area (Å²) in [5.74, 6) is 0.987. The maximum absolute atomic E-state index is 12.4. The summed E-state index contributed by atoms with van der Waals surface area (Å²) in [6.45, 7) is 4.97. The standard InChI is InChI=1S/C13H16N2OS/c1-8-9(2)17-12-11(8)14-10-6-4-3-5-7-15(10)13(12)16/h3-7H2,1-2H3. The minimum absolute atomic E-state index is 0.174. The van der Waals surface area contributed by atoms with Crippen molar-refractivity contribution in [2.45, 2.75) is 46.1 Å². The molecule has 0 saturated carbocycles. The van der Waals surface area contributed by atoms with Gasteiger partial charge in [0.25, 0.3) is 5.56 Å². The Hall–Kier alpha value is -1.16. The Kier molecular flexibility index (Phi) is 2.54. The molecule has 4 heteroatoms. The molecule has 1 aliphatic rings. The van der Waals surface area contributed by atoms with Crippen LogP contribution in [-0.2, 0) is 13.0 Å². The van der Waals surface area contributed by atoms with Gasteiger partial charge in [0.05, 0.1) is 5.52 Å². The number of aryl methyl sites for hydroxylation is 3. The van der Waals surface area contributed by atoms with Gasteiger partial charge in [0.15, 0.2) is 0 Å². The Labute approximate surface area is 104 Å². The highest BCUT2D eigenvalue weighted by molar-refractivity contribution is 7.19. The molecule has 3 heterocycles. The summed E-state index contributed by atoms with van der Waals surface area (Å²) in [5, 5.41) is 0. The van der Waals surface area contributed by atoms with Crippen LogP contribution in [0.5, 0.6) is 0 Å². The summed E-state index contributed by atoms with van der Waals surface area (Å²) in [6.07, 6.45) is 4.40. The van der Waals surface area contributed by atoms with Crippen LogP contribution in [0.15, 0.2) is 4.79 Å². The molecule has 0 amide bonds. The second kappa shape index (κ2) is 3.95. The van der Waals surface area contributed by atoms with E-state index in [2.05, 4.69) is 13.8 Å². The Balaban J connectivity index is 2.37. The number of hydrogen-bond acceptors (Lipinski definition) is 3. The van der Waals surface area contributed by atoms with Crippen molar-refractivity contribution in [2.24, 2.45) is 0 Å². The van der Waals surface area contributed by atoms with E-state index in [1.165, 1.54) is 16.9 Å². The average Bonchev–Trinajstić information content (AvgIpc) is 2.54. The largest absolute Gasteiger partial charge is 0.295 e. The molecule has 1 aliphatic heterocycles. The molecule has 0 N–H and O–H groups in total. The first kappa shape index (κ1) is 11.0. The van der Waals surface area contributed by atoms with Crippen LogP contribution in [0.25, 0.3) is 10.2 Å². The molecule has 0 aromatic carbocycles. The van der Waals surface area contributed by atoms with Crippen LogP contribution in [0.1, 0.15) is 35.5 Å². The number of thiophene rings is 1. The SMILES string of the molecule is Cc1sc2c(=O)n3c(nc2c1C)CCCCC3. The van der Waals surface area contributed by atoms with Crippen LogP contribution in [-0.4, -0.2) is 9.55 Å². The summed E-state index contributed by atoms with van der Waals surface area (Å²) in [4.78, 5) is 18.4. The van der Waals surface area contributed by atoms with E-state index in [1.54, 1.807) is 11.3 Å². The van der Waals surface area contributed by atoms with E-state index in [4.69, 9.17) is 4.98 Å². The molecule has 0 aliphatic carbocycles. The molecule has 2 aromatic rings. The number of aromatic nitrogens is 2. The summed E-state index contributed by atoms with van der Waals surface area (Å²) in [7, 11) is 0. The maximum atomic E-state index is 12.4. The van der Waals surface area contributed by atoms with E-state index in [1.807, 2.05) is 4.57 Å². The fourth-order valence-corrected chi connectivity index (χ4v) is 3.52. The van der Waals surface area contributed by atoms with Gasteiger partial charge in [0.2, 0.25) is 0 Å². The van der Waals surface area contributed by atoms with Crippen LogP contribution < -0.4 is 5.56 Å². The second-order valence-corrected chi connectivity index (χ2v) is 5.98. The van der Waals surface area contributed by atoms with Gasteiger partial charge in [-0.15, -0.1) is 11.3 Å². The number of fused-ring (bicyclic) bond motifs is 2. The fraction of sp³-hybridized carbons (Fsp3) is 0.538. The maximum Gasteiger partial charge on any atom is 0.271 e. The topological polar surface area (TPSA) is 34.9 Å². The lowest BCUT2D eigenvalue weighted by atomic mass is 10.2. The molecule has 90 valence electrons. The normalized spacial score (nSPS) is 15.9. The van der Waals surface area contributed by atoms with Gasteiger partial charge in [0.1, 0.15) is 10.5 Å². The van der Waals surface area contributed by atoms with Crippen molar-refractivity contribution >= 4 is 21.6 Å². The lowest BCUT2D eigenvalue weighted by Crippen LogP contribution is -2.23. The van der Waals surface area contributed by atoms with Crippen molar-refractivity contribution in [1.82, 2.24) is 9.55 Å². The molecule has 0 atom stereocenters. The van der Waals surface area contributed by atoms with Crippen molar-refractivity contribution in [1.29, 1.82) is 0 Å². The minimum atomic E-state index is 0.174. The quantitative estimate of drug-likeness (QED) is 0.718. The summed E-state index contributed by atoms with van der Waals surface area (Å²) < 4.78 is 2.73. The van der Waals surface area contributed by atoms with Crippen molar-refractivity contribution in [3.8, 4) is 0 Å². The van der Waals surface area contributed by atoms with E-state index >= 15 is 0 Å². The zero-order chi connectivity index (χ0) is 12.0. The Morgan fingerprint density at radius 3 is 2.88 bits per heavy atom. The fourth-order valence-electron chi connectivity index (χ4n) is 2.48. The Morgan fingerprint density at radius 2 is 2.06 bits per heavy atom. The lowest BCUT2D eigenvalue weighted by molar-refractivity contribution is 0.614. The van der Waals surface area contributed by atoms with Crippen molar-refractivity contribution < 1.29 is 0 Å². The van der Waals surface area contributed by atoms with Gasteiger partial charge in [0, 0.05) is 17.8 Å². The average molecular weight is 248 g/mol. The molecule has 0 spiro atoms. The van der Waals surface area contributed by atoms with Crippen LogP contribution >= 0.6 is 11.3 Å². The van der Waals surface area contributed by atoms with Crippen molar-refractivity contribution in [3.05, 3.63) is 26.6 Å². The summed E-state index contributed by atoms with van der Waals surface area (Å²) >= 11 is 1.59. The van der Waals surface area contributed by atoms with Crippen LogP contribution in [0.2, 0.25) is 0 Å². The lowest BCUT2D eigenvalue weighted by Gasteiger charge is -2.08. The minimum Gasteiger partial charge on any atom is -0.295 e.